The SMILES string of the molecule is CCN=C/C=C\C(=C/I)C(=O)OCC. The molecule has 0 bridgehead atoms. The maximum absolute atomic E-state index is 11.2. The number of halogens is 1. The summed E-state index contributed by atoms with van der Waals surface area (Å²) in [5, 5.41) is 0. The van der Waals surface area contributed by atoms with E-state index in [0.29, 0.717) is 12.2 Å². The van der Waals surface area contributed by atoms with Gasteiger partial charge in [0.15, 0.2) is 0 Å². The quantitative estimate of drug-likeness (QED) is 0.257. The van der Waals surface area contributed by atoms with Crippen molar-refractivity contribution in [3.63, 3.8) is 0 Å². The van der Waals surface area contributed by atoms with E-state index in [4.69, 9.17) is 4.74 Å². The lowest BCUT2D eigenvalue weighted by Gasteiger charge is -1.99. The van der Waals surface area contributed by atoms with Gasteiger partial charge in [0.1, 0.15) is 0 Å². The van der Waals surface area contributed by atoms with Gasteiger partial charge in [-0.1, -0.05) is 22.6 Å². The van der Waals surface area contributed by atoms with Crippen LogP contribution in [-0.4, -0.2) is 25.3 Å². The molecule has 0 amide bonds. The molecule has 0 radical (unpaired) electrons. The molecule has 0 saturated carbocycles. The van der Waals surface area contributed by atoms with Gasteiger partial charge in [0.05, 0.1) is 12.2 Å². The zero-order valence-corrected chi connectivity index (χ0v) is 10.5. The van der Waals surface area contributed by atoms with Crippen LogP contribution < -0.4 is 0 Å². The van der Waals surface area contributed by atoms with Crippen LogP contribution in [0.25, 0.3) is 0 Å². The summed E-state index contributed by atoms with van der Waals surface area (Å²) in [5.41, 5.74) is 0.537. The summed E-state index contributed by atoms with van der Waals surface area (Å²) < 4.78 is 6.53. The van der Waals surface area contributed by atoms with Gasteiger partial charge in [-0.25, -0.2) is 4.79 Å². The second-order valence-electron chi connectivity index (χ2n) is 2.29. The maximum Gasteiger partial charge on any atom is 0.338 e. The lowest BCUT2D eigenvalue weighted by molar-refractivity contribution is -0.138. The summed E-state index contributed by atoms with van der Waals surface area (Å²) in [6.45, 7) is 4.87. The Labute approximate surface area is 98.1 Å². The number of carbonyl (C=O) groups excluding carboxylic acids is 1. The van der Waals surface area contributed by atoms with E-state index >= 15 is 0 Å². The number of aliphatic imine (C=N–C) groups is 1. The van der Waals surface area contributed by atoms with Crippen LogP contribution in [0, 0.1) is 0 Å². The summed E-state index contributed by atoms with van der Waals surface area (Å²) >= 11 is 2.01. The summed E-state index contributed by atoms with van der Waals surface area (Å²) in [5.74, 6) is -0.303. The van der Waals surface area contributed by atoms with E-state index in [0.717, 1.165) is 6.54 Å². The summed E-state index contributed by atoms with van der Waals surface area (Å²) in [7, 11) is 0. The van der Waals surface area contributed by atoms with Gasteiger partial charge in [0.25, 0.3) is 0 Å². The highest BCUT2D eigenvalue weighted by Crippen LogP contribution is 2.03. The average molecular weight is 307 g/mol. The molecular formula is C10H14INO2. The first-order chi connectivity index (χ1) is 6.76. The smallest absolute Gasteiger partial charge is 0.338 e. The van der Waals surface area contributed by atoms with Crippen molar-refractivity contribution in [3.05, 3.63) is 21.8 Å². The van der Waals surface area contributed by atoms with E-state index < -0.39 is 0 Å². The minimum Gasteiger partial charge on any atom is -0.462 e. The molecule has 0 atom stereocenters. The third kappa shape index (κ3) is 5.90. The number of carbonyl (C=O) groups is 1. The van der Waals surface area contributed by atoms with Crippen molar-refractivity contribution in [3.8, 4) is 0 Å². The van der Waals surface area contributed by atoms with Crippen LogP contribution in [0.2, 0.25) is 0 Å². The fraction of sp³-hybridized carbons (Fsp3) is 0.400. The third-order valence-corrected chi connectivity index (χ3v) is 1.95. The van der Waals surface area contributed by atoms with Gasteiger partial charge in [-0.2, -0.15) is 0 Å². The van der Waals surface area contributed by atoms with Crippen LogP contribution in [0.4, 0.5) is 0 Å². The number of ether oxygens (including phenoxy) is 1. The molecular weight excluding hydrogens is 293 g/mol. The van der Waals surface area contributed by atoms with Crippen LogP contribution in [0.1, 0.15) is 13.8 Å². The Bertz CT molecular complexity index is 257. The Morgan fingerprint density at radius 1 is 1.50 bits per heavy atom. The molecule has 0 aromatic heterocycles. The number of hydrogen-bond acceptors (Lipinski definition) is 3. The molecule has 0 aromatic rings. The van der Waals surface area contributed by atoms with E-state index in [-0.39, 0.29) is 5.97 Å². The highest BCUT2D eigenvalue weighted by molar-refractivity contribution is 14.1. The zero-order chi connectivity index (χ0) is 10.8. The Kier molecular flexibility index (Phi) is 8.51. The van der Waals surface area contributed by atoms with Gasteiger partial charge < -0.3 is 4.74 Å². The van der Waals surface area contributed by atoms with Gasteiger partial charge in [0.2, 0.25) is 0 Å². The van der Waals surface area contributed by atoms with E-state index in [2.05, 4.69) is 4.99 Å². The highest BCUT2D eigenvalue weighted by atomic mass is 127. The summed E-state index contributed by atoms with van der Waals surface area (Å²) in [6, 6.07) is 0. The molecule has 0 unspecified atom stereocenters. The maximum atomic E-state index is 11.2. The average Bonchev–Trinajstić information content (AvgIpc) is 2.18. The van der Waals surface area contributed by atoms with Gasteiger partial charge in [-0.3, -0.25) is 4.99 Å². The molecule has 0 N–H and O–H groups in total. The number of hydrogen-bond donors (Lipinski definition) is 0. The minimum absolute atomic E-state index is 0.303. The van der Waals surface area contributed by atoms with Crippen LogP contribution in [-0.2, 0) is 9.53 Å². The fourth-order valence-electron chi connectivity index (χ4n) is 0.676. The monoisotopic (exact) mass is 307 g/mol. The highest BCUT2D eigenvalue weighted by Gasteiger charge is 2.04. The fourth-order valence-corrected chi connectivity index (χ4v) is 1.14. The van der Waals surface area contributed by atoms with Crippen LogP contribution in [0.5, 0.6) is 0 Å². The molecule has 0 aromatic carbocycles. The summed E-state index contributed by atoms with van der Waals surface area (Å²) in [4.78, 5) is 15.2. The van der Waals surface area contributed by atoms with Crippen molar-refractivity contribution in [2.75, 3.05) is 13.2 Å². The molecule has 0 spiro atoms. The molecule has 0 aliphatic rings. The Balaban J connectivity index is 4.23. The Hall–Kier alpha value is -0.650. The molecule has 78 valence electrons. The predicted molar refractivity (Wildman–Crippen MR) is 66.9 cm³/mol. The largest absolute Gasteiger partial charge is 0.462 e. The zero-order valence-electron chi connectivity index (χ0n) is 8.37. The van der Waals surface area contributed by atoms with Crippen LogP contribution >= 0.6 is 22.6 Å². The van der Waals surface area contributed by atoms with Crippen molar-refractivity contribution in [1.82, 2.24) is 0 Å². The van der Waals surface area contributed by atoms with E-state index in [1.165, 1.54) is 0 Å². The van der Waals surface area contributed by atoms with E-state index in [9.17, 15) is 4.79 Å². The molecule has 0 aliphatic heterocycles. The Morgan fingerprint density at radius 3 is 2.71 bits per heavy atom. The van der Waals surface area contributed by atoms with Crippen molar-refractivity contribution in [2.24, 2.45) is 4.99 Å². The Morgan fingerprint density at radius 2 is 2.21 bits per heavy atom. The van der Waals surface area contributed by atoms with Crippen molar-refractivity contribution in [1.29, 1.82) is 0 Å². The molecule has 0 fully saturated rings. The number of rotatable bonds is 5. The summed E-state index contributed by atoms with van der Waals surface area (Å²) in [6.07, 6.45) is 5.08. The molecule has 0 saturated heterocycles. The second-order valence-corrected chi connectivity index (χ2v) is 2.91. The topological polar surface area (TPSA) is 38.7 Å². The molecule has 3 nitrogen and oxygen atoms in total. The normalized spacial score (nSPS) is 12.6. The van der Waals surface area contributed by atoms with E-state index in [1.807, 2.05) is 29.5 Å². The number of allylic oxidation sites excluding steroid dienone is 1. The van der Waals surface area contributed by atoms with Gasteiger partial charge in [-0.15, -0.1) is 0 Å². The van der Waals surface area contributed by atoms with Gasteiger partial charge in [-0.05, 0) is 30.1 Å². The molecule has 0 heterocycles. The number of nitrogens with zero attached hydrogens (tertiary/aromatic N) is 1. The van der Waals surface area contributed by atoms with Gasteiger partial charge in [0, 0.05) is 12.8 Å². The first-order valence-corrected chi connectivity index (χ1v) is 5.64. The molecule has 0 aliphatic carbocycles. The predicted octanol–water partition coefficient (Wildman–Crippen LogP) is 2.52. The molecule has 4 heteroatoms. The first kappa shape index (κ1) is 13.4. The van der Waals surface area contributed by atoms with Crippen molar-refractivity contribution in [2.45, 2.75) is 13.8 Å². The second kappa shape index (κ2) is 8.93. The first-order valence-electron chi connectivity index (χ1n) is 4.40. The minimum atomic E-state index is -0.303. The third-order valence-electron chi connectivity index (χ3n) is 1.28. The van der Waals surface area contributed by atoms with Crippen molar-refractivity contribution >= 4 is 34.8 Å². The van der Waals surface area contributed by atoms with Crippen molar-refractivity contribution < 1.29 is 9.53 Å². The number of esters is 1. The molecule has 14 heavy (non-hydrogen) atoms. The van der Waals surface area contributed by atoms with Gasteiger partial charge >= 0.3 is 5.97 Å². The lowest BCUT2D eigenvalue weighted by Crippen LogP contribution is -2.05. The molecule has 0 rings (SSSR count). The lowest BCUT2D eigenvalue weighted by atomic mass is 10.3. The van der Waals surface area contributed by atoms with Crippen LogP contribution in [0.15, 0.2) is 26.8 Å². The van der Waals surface area contributed by atoms with Crippen LogP contribution in [0.3, 0.4) is 0 Å². The standard InChI is InChI=1S/C10H14INO2/c1-3-12-7-5-6-9(8-11)10(13)14-4-2/h5-8H,3-4H2,1-2H3/b6-5-,9-8+,12-7?. The van der Waals surface area contributed by atoms with E-state index in [1.54, 1.807) is 29.4 Å².